The van der Waals surface area contributed by atoms with Crippen molar-refractivity contribution in [1.29, 1.82) is 0 Å². The van der Waals surface area contributed by atoms with Crippen molar-refractivity contribution >= 4 is 46.8 Å². The zero-order valence-corrected chi connectivity index (χ0v) is 15.7. The lowest BCUT2D eigenvalue weighted by molar-refractivity contribution is -0.127. The van der Waals surface area contributed by atoms with Crippen LogP contribution >= 0.6 is 23.4 Å². The smallest absolute Gasteiger partial charge is 0.248 e. The number of nitrogens with one attached hydrogen (secondary N) is 3. The van der Waals surface area contributed by atoms with Gasteiger partial charge >= 0.3 is 0 Å². The lowest BCUT2D eigenvalue weighted by Gasteiger charge is -2.08. The molecule has 0 aromatic heterocycles. The molecule has 0 aliphatic heterocycles. The first-order chi connectivity index (χ1) is 12.9. The maximum atomic E-state index is 12.8. The van der Waals surface area contributed by atoms with E-state index in [-0.39, 0.29) is 29.7 Å². The number of carbonyl (C=O) groups excluding carboxylic acids is 3. The van der Waals surface area contributed by atoms with Gasteiger partial charge in [0.25, 0.3) is 0 Å². The number of hydrogen-bond acceptors (Lipinski definition) is 4. The summed E-state index contributed by atoms with van der Waals surface area (Å²) in [6, 6.07) is 12.2. The van der Waals surface area contributed by atoms with Crippen LogP contribution in [0.5, 0.6) is 0 Å². The van der Waals surface area contributed by atoms with Gasteiger partial charge in [0.2, 0.25) is 17.7 Å². The van der Waals surface area contributed by atoms with Gasteiger partial charge in [-0.1, -0.05) is 23.7 Å². The SMILES string of the molecule is O=C(CSCC(=O)Nc1ccc(Cl)cc1)NNC(=O)Cc1ccc(F)cc1. The molecular weight excluding hydrogens is 393 g/mol. The Kier molecular flexibility index (Phi) is 8.09. The molecule has 3 N–H and O–H groups in total. The Morgan fingerprint density at radius 2 is 1.44 bits per heavy atom. The summed E-state index contributed by atoms with van der Waals surface area (Å²) in [7, 11) is 0. The van der Waals surface area contributed by atoms with Gasteiger partial charge in [-0.3, -0.25) is 25.2 Å². The van der Waals surface area contributed by atoms with Crippen molar-refractivity contribution in [1.82, 2.24) is 10.9 Å². The molecule has 0 saturated carbocycles. The minimum atomic E-state index is -0.438. The van der Waals surface area contributed by atoms with E-state index in [1.807, 2.05) is 0 Å². The van der Waals surface area contributed by atoms with Crippen molar-refractivity contribution in [2.24, 2.45) is 0 Å². The summed E-state index contributed by atoms with van der Waals surface area (Å²) in [5.41, 5.74) is 5.77. The molecule has 9 heteroatoms. The highest BCUT2D eigenvalue weighted by Gasteiger charge is 2.08. The molecule has 0 aliphatic rings. The van der Waals surface area contributed by atoms with Gasteiger partial charge in [-0.15, -0.1) is 11.8 Å². The summed E-state index contributed by atoms with van der Waals surface area (Å²) in [6.07, 6.45) is 0.0111. The third kappa shape index (κ3) is 8.10. The predicted molar refractivity (Wildman–Crippen MR) is 104 cm³/mol. The van der Waals surface area contributed by atoms with Crippen molar-refractivity contribution in [2.45, 2.75) is 6.42 Å². The number of benzene rings is 2. The molecule has 6 nitrogen and oxygen atoms in total. The Hall–Kier alpha value is -2.58. The first-order valence-electron chi connectivity index (χ1n) is 7.87. The van der Waals surface area contributed by atoms with Crippen LogP contribution < -0.4 is 16.2 Å². The minimum absolute atomic E-state index is 0.00483. The van der Waals surface area contributed by atoms with E-state index in [0.717, 1.165) is 11.8 Å². The van der Waals surface area contributed by atoms with Gasteiger partial charge in [-0.2, -0.15) is 0 Å². The number of carbonyl (C=O) groups is 3. The number of rotatable bonds is 7. The van der Waals surface area contributed by atoms with Gasteiger partial charge in [0.1, 0.15) is 5.82 Å². The number of thioether (sulfide) groups is 1. The van der Waals surface area contributed by atoms with Crippen molar-refractivity contribution in [3.63, 3.8) is 0 Å². The van der Waals surface area contributed by atoms with E-state index in [4.69, 9.17) is 11.6 Å². The van der Waals surface area contributed by atoms with Crippen molar-refractivity contribution in [3.05, 3.63) is 64.9 Å². The number of amides is 3. The highest BCUT2D eigenvalue weighted by Crippen LogP contribution is 2.13. The molecule has 0 radical (unpaired) electrons. The van der Waals surface area contributed by atoms with E-state index >= 15 is 0 Å². The number of hydrazine groups is 1. The van der Waals surface area contributed by atoms with Crippen molar-refractivity contribution in [3.8, 4) is 0 Å². The van der Waals surface area contributed by atoms with Gasteiger partial charge in [-0.05, 0) is 42.0 Å². The van der Waals surface area contributed by atoms with Crippen LogP contribution in [0, 0.1) is 5.82 Å². The van der Waals surface area contributed by atoms with Crippen LogP contribution in [-0.2, 0) is 20.8 Å². The molecule has 2 aromatic rings. The molecule has 0 fully saturated rings. The fraction of sp³-hybridized carbons (Fsp3) is 0.167. The van der Waals surface area contributed by atoms with Crippen molar-refractivity contribution in [2.75, 3.05) is 16.8 Å². The predicted octanol–water partition coefficient (Wildman–Crippen LogP) is 2.54. The van der Waals surface area contributed by atoms with E-state index in [1.54, 1.807) is 24.3 Å². The zero-order chi connectivity index (χ0) is 19.6. The first-order valence-corrected chi connectivity index (χ1v) is 9.41. The molecule has 0 bridgehead atoms. The highest BCUT2D eigenvalue weighted by atomic mass is 35.5. The molecule has 0 spiro atoms. The molecule has 3 amide bonds. The molecule has 2 rings (SSSR count). The van der Waals surface area contributed by atoms with Crippen LogP contribution in [0.25, 0.3) is 0 Å². The fourth-order valence-electron chi connectivity index (χ4n) is 1.97. The normalized spacial score (nSPS) is 10.1. The summed E-state index contributed by atoms with van der Waals surface area (Å²) in [5.74, 6) is -1.42. The topological polar surface area (TPSA) is 87.3 Å². The molecular formula is C18H17ClFN3O3S. The van der Waals surface area contributed by atoms with Crippen LogP contribution in [-0.4, -0.2) is 29.2 Å². The monoisotopic (exact) mass is 409 g/mol. The maximum absolute atomic E-state index is 12.8. The Labute approximate surface area is 164 Å². The molecule has 142 valence electrons. The molecule has 0 saturated heterocycles. The first kappa shape index (κ1) is 20.7. The Balaban J connectivity index is 1.61. The molecule has 27 heavy (non-hydrogen) atoms. The van der Waals surface area contributed by atoms with Crippen LogP contribution in [0.2, 0.25) is 5.02 Å². The molecule has 0 atom stereocenters. The molecule has 0 heterocycles. The Morgan fingerprint density at radius 3 is 2.11 bits per heavy atom. The van der Waals surface area contributed by atoms with Gasteiger partial charge in [0.15, 0.2) is 0 Å². The van der Waals surface area contributed by atoms with Crippen molar-refractivity contribution < 1.29 is 18.8 Å². The van der Waals surface area contributed by atoms with E-state index < -0.39 is 11.8 Å². The second-order valence-corrected chi connectivity index (χ2v) is 6.87. The van der Waals surface area contributed by atoms with Crippen LogP contribution in [0.3, 0.4) is 0 Å². The zero-order valence-electron chi connectivity index (χ0n) is 14.1. The maximum Gasteiger partial charge on any atom is 0.248 e. The van der Waals surface area contributed by atoms with Crippen LogP contribution in [0.1, 0.15) is 5.56 Å². The standard InChI is InChI=1S/C18H17ClFN3O3S/c19-13-3-7-15(8-4-13)21-17(25)10-27-11-18(26)23-22-16(24)9-12-1-5-14(20)6-2-12/h1-8H,9-11H2,(H,21,25)(H,22,24)(H,23,26). The molecule has 2 aromatic carbocycles. The third-order valence-corrected chi connectivity index (χ3v) is 4.40. The van der Waals surface area contributed by atoms with E-state index in [2.05, 4.69) is 16.2 Å². The minimum Gasteiger partial charge on any atom is -0.325 e. The third-order valence-electron chi connectivity index (χ3n) is 3.21. The fourth-order valence-corrected chi connectivity index (χ4v) is 2.72. The largest absolute Gasteiger partial charge is 0.325 e. The lowest BCUT2D eigenvalue weighted by Crippen LogP contribution is -2.43. The van der Waals surface area contributed by atoms with Gasteiger partial charge in [-0.25, -0.2) is 4.39 Å². The molecule has 0 unspecified atom stereocenters. The summed E-state index contributed by atoms with van der Waals surface area (Å²) in [5, 5.41) is 3.25. The van der Waals surface area contributed by atoms with Crippen LogP contribution in [0.15, 0.2) is 48.5 Å². The number of anilines is 1. The lowest BCUT2D eigenvalue weighted by atomic mass is 10.1. The summed E-state index contributed by atoms with van der Waals surface area (Å²) in [4.78, 5) is 35.2. The second kappa shape index (κ2) is 10.5. The van der Waals surface area contributed by atoms with E-state index in [9.17, 15) is 18.8 Å². The van der Waals surface area contributed by atoms with E-state index in [1.165, 1.54) is 24.3 Å². The van der Waals surface area contributed by atoms with Gasteiger partial charge in [0.05, 0.1) is 17.9 Å². The molecule has 0 aliphatic carbocycles. The highest BCUT2D eigenvalue weighted by molar-refractivity contribution is 8.00. The van der Waals surface area contributed by atoms with Crippen LogP contribution in [0.4, 0.5) is 10.1 Å². The average Bonchev–Trinajstić information content (AvgIpc) is 2.64. The summed E-state index contributed by atoms with van der Waals surface area (Å²) in [6.45, 7) is 0. The number of hydrogen-bond donors (Lipinski definition) is 3. The quantitative estimate of drug-likeness (QED) is 0.613. The Morgan fingerprint density at radius 1 is 0.852 bits per heavy atom. The van der Waals surface area contributed by atoms with Gasteiger partial charge in [0, 0.05) is 10.7 Å². The summed E-state index contributed by atoms with van der Waals surface area (Å²) >= 11 is 6.87. The average molecular weight is 410 g/mol. The second-order valence-electron chi connectivity index (χ2n) is 5.45. The van der Waals surface area contributed by atoms with E-state index in [0.29, 0.717) is 16.3 Å². The Bertz CT molecular complexity index is 801. The van der Waals surface area contributed by atoms with Gasteiger partial charge < -0.3 is 5.32 Å². The summed E-state index contributed by atoms with van der Waals surface area (Å²) < 4.78 is 12.8. The number of halogens is 2.